The summed E-state index contributed by atoms with van der Waals surface area (Å²) in [5.41, 5.74) is 1.83. The summed E-state index contributed by atoms with van der Waals surface area (Å²) in [5, 5.41) is 7.98. The van der Waals surface area contributed by atoms with E-state index in [1.807, 2.05) is 35.4 Å². The maximum Gasteiger partial charge on any atom is 0.317 e. The molecule has 1 saturated heterocycles. The minimum Gasteiger partial charge on any atom is -0.339 e. The monoisotopic (exact) mass is 429 g/mol. The number of carbonyl (C=O) groups is 2. The van der Waals surface area contributed by atoms with Crippen molar-refractivity contribution < 1.29 is 9.59 Å². The fourth-order valence-corrected chi connectivity index (χ4v) is 4.34. The van der Waals surface area contributed by atoms with Gasteiger partial charge < -0.3 is 15.1 Å². The number of hydrogen-bond donors (Lipinski definition) is 1. The van der Waals surface area contributed by atoms with Crippen molar-refractivity contribution in [3.63, 3.8) is 0 Å². The molecule has 1 aliphatic heterocycles. The van der Waals surface area contributed by atoms with E-state index >= 15 is 0 Å². The summed E-state index contributed by atoms with van der Waals surface area (Å²) in [6.07, 6.45) is 9.24. The normalized spacial score (nSPS) is 17.8. The third-order valence-electron chi connectivity index (χ3n) is 6.00. The molecular formula is C22H28ClN5O2. The summed E-state index contributed by atoms with van der Waals surface area (Å²) < 4.78 is 1.76. The van der Waals surface area contributed by atoms with Gasteiger partial charge in [0.1, 0.15) is 0 Å². The molecule has 0 atom stereocenters. The molecule has 2 aromatic rings. The minimum absolute atomic E-state index is 0.0981. The molecule has 160 valence electrons. The predicted octanol–water partition coefficient (Wildman–Crippen LogP) is 3.46. The lowest BCUT2D eigenvalue weighted by atomic mass is 9.88. The van der Waals surface area contributed by atoms with E-state index in [-0.39, 0.29) is 17.9 Å². The number of aromatic nitrogens is 2. The van der Waals surface area contributed by atoms with E-state index in [9.17, 15) is 9.59 Å². The summed E-state index contributed by atoms with van der Waals surface area (Å²) in [5.74, 6) is 0.473. The number of hydrogen-bond acceptors (Lipinski definition) is 3. The molecule has 2 aliphatic rings. The van der Waals surface area contributed by atoms with Crippen molar-refractivity contribution in [3.05, 3.63) is 47.2 Å². The highest BCUT2D eigenvalue weighted by Gasteiger charge is 2.29. The number of piperazine rings is 1. The molecule has 1 aromatic heterocycles. The first kappa shape index (κ1) is 20.7. The quantitative estimate of drug-likeness (QED) is 0.809. The van der Waals surface area contributed by atoms with Crippen LogP contribution < -0.4 is 5.32 Å². The summed E-state index contributed by atoms with van der Waals surface area (Å²) >= 11 is 5.92. The van der Waals surface area contributed by atoms with Crippen molar-refractivity contribution in [1.29, 1.82) is 0 Å². The van der Waals surface area contributed by atoms with Crippen LogP contribution in [0.15, 0.2) is 36.7 Å². The SMILES string of the molecule is O=C(NCc1cnn(-c2ccc(Cl)cc2)c1)N1CCN(C(=O)C2CCCCC2)CC1. The number of benzene rings is 1. The highest BCUT2D eigenvalue weighted by atomic mass is 35.5. The van der Waals surface area contributed by atoms with E-state index in [1.165, 1.54) is 6.42 Å². The summed E-state index contributed by atoms with van der Waals surface area (Å²) in [6, 6.07) is 7.33. The molecule has 7 nitrogen and oxygen atoms in total. The Bertz CT molecular complexity index is 868. The van der Waals surface area contributed by atoms with Gasteiger partial charge >= 0.3 is 6.03 Å². The molecule has 0 radical (unpaired) electrons. The Morgan fingerprint density at radius 3 is 2.37 bits per heavy atom. The summed E-state index contributed by atoms with van der Waals surface area (Å²) in [7, 11) is 0. The van der Waals surface area contributed by atoms with Gasteiger partial charge in [0.15, 0.2) is 0 Å². The van der Waals surface area contributed by atoms with Crippen molar-refractivity contribution in [2.24, 2.45) is 5.92 Å². The Morgan fingerprint density at radius 2 is 1.67 bits per heavy atom. The van der Waals surface area contributed by atoms with Crippen molar-refractivity contribution in [1.82, 2.24) is 24.9 Å². The molecule has 4 rings (SSSR count). The molecule has 0 unspecified atom stereocenters. The number of nitrogens with one attached hydrogen (secondary N) is 1. The first-order valence-corrected chi connectivity index (χ1v) is 11.1. The highest BCUT2D eigenvalue weighted by molar-refractivity contribution is 6.30. The Kier molecular flexibility index (Phi) is 6.57. The van der Waals surface area contributed by atoms with Crippen LogP contribution in [0, 0.1) is 5.92 Å². The molecule has 0 spiro atoms. The molecule has 1 N–H and O–H groups in total. The highest BCUT2D eigenvalue weighted by Crippen LogP contribution is 2.25. The smallest absolute Gasteiger partial charge is 0.317 e. The summed E-state index contributed by atoms with van der Waals surface area (Å²) in [6.45, 7) is 2.81. The van der Waals surface area contributed by atoms with Crippen LogP contribution in [-0.4, -0.2) is 57.7 Å². The van der Waals surface area contributed by atoms with Gasteiger partial charge in [-0.05, 0) is 37.1 Å². The summed E-state index contributed by atoms with van der Waals surface area (Å²) in [4.78, 5) is 28.9. The van der Waals surface area contributed by atoms with Gasteiger partial charge in [-0.15, -0.1) is 0 Å². The van der Waals surface area contributed by atoms with Crippen molar-refractivity contribution >= 4 is 23.5 Å². The van der Waals surface area contributed by atoms with Gasteiger partial charge in [-0.1, -0.05) is 30.9 Å². The first-order valence-electron chi connectivity index (χ1n) is 10.7. The molecule has 1 aliphatic carbocycles. The van der Waals surface area contributed by atoms with E-state index in [1.54, 1.807) is 15.8 Å². The number of nitrogens with zero attached hydrogens (tertiary/aromatic N) is 4. The van der Waals surface area contributed by atoms with Gasteiger partial charge in [0, 0.05) is 55.4 Å². The molecule has 2 fully saturated rings. The fourth-order valence-electron chi connectivity index (χ4n) is 4.21. The van der Waals surface area contributed by atoms with Crippen LogP contribution in [0.1, 0.15) is 37.7 Å². The maximum atomic E-state index is 12.7. The van der Waals surface area contributed by atoms with Crippen LogP contribution in [0.5, 0.6) is 0 Å². The van der Waals surface area contributed by atoms with Crippen LogP contribution in [-0.2, 0) is 11.3 Å². The van der Waals surface area contributed by atoms with Crippen LogP contribution in [0.25, 0.3) is 5.69 Å². The molecule has 0 bridgehead atoms. The second-order valence-electron chi connectivity index (χ2n) is 8.08. The van der Waals surface area contributed by atoms with Gasteiger partial charge in [-0.2, -0.15) is 5.10 Å². The second kappa shape index (κ2) is 9.51. The molecule has 30 heavy (non-hydrogen) atoms. The van der Waals surface area contributed by atoms with Crippen LogP contribution >= 0.6 is 11.6 Å². The molecule has 3 amide bonds. The molecule has 1 aromatic carbocycles. The zero-order chi connectivity index (χ0) is 20.9. The Balaban J connectivity index is 1.23. The Labute approximate surface area is 182 Å². The van der Waals surface area contributed by atoms with Crippen molar-refractivity contribution in [2.45, 2.75) is 38.6 Å². The van der Waals surface area contributed by atoms with Crippen LogP contribution in [0.4, 0.5) is 4.79 Å². The van der Waals surface area contributed by atoms with Crippen molar-refractivity contribution in [2.75, 3.05) is 26.2 Å². The molecule has 1 saturated carbocycles. The average Bonchev–Trinajstić information content (AvgIpc) is 3.27. The Hall–Kier alpha value is -2.54. The van der Waals surface area contributed by atoms with Gasteiger partial charge in [0.25, 0.3) is 0 Å². The average molecular weight is 430 g/mol. The molecular weight excluding hydrogens is 402 g/mol. The topological polar surface area (TPSA) is 70.5 Å². The number of rotatable bonds is 4. The third-order valence-corrected chi connectivity index (χ3v) is 6.26. The zero-order valence-corrected chi connectivity index (χ0v) is 17.9. The first-order chi connectivity index (χ1) is 14.6. The lowest BCUT2D eigenvalue weighted by Crippen LogP contribution is -2.54. The number of carbonyl (C=O) groups excluding carboxylic acids is 2. The maximum absolute atomic E-state index is 12.7. The number of urea groups is 1. The standard InChI is InChI=1S/C22H28ClN5O2/c23-19-6-8-20(9-7-19)28-16-17(15-25-28)14-24-22(30)27-12-10-26(11-13-27)21(29)18-4-2-1-3-5-18/h6-9,15-16,18H,1-5,10-14H2,(H,24,30). The van der Waals surface area contributed by atoms with Crippen molar-refractivity contribution in [3.8, 4) is 5.69 Å². The lowest BCUT2D eigenvalue weighted by molar-refractivity contribution is -0.138. The largest absolute Gasteiger partial charge is 0.339 e. The Morgan fingerprint density at radius 1 is 1.00 bits per heavy atom. The lowest BCUT2D eigenvalue weighted by Gasteiger charge is -2.37. The third kappa shape index (κ3) is 4.95. The number of amides is 3. The van der Waals surface area contributed by atoms with Gasteiger partial charge in [0.05, 0.1) is 11.9 Å². The van der Waals surface area contributed by atoms with Gasteiger partial charge in [0.2, 0.25) is 5.91 Å². The van der Waals surface area contributed by atoms with E-state index in [4.69, 9.17) is 11.6 Å². The van der Waals surface area contributed by atoms with Gasteiger partial charge in [-0.3, -0.25) is 4.79 Å². The van der Waals surface area contributed by atoms with E-state index in [0.717, 1.165) is 36.9 Å². The van der Waals surface area contributed by atoms with Gasteiger partial charge in [-0.25, -0.2) is 9.48 Å². The second-order valence-corrected chi connectivity index (χ2v) is 8.51. The number of halogens is 1. The zero-order valence-electron chi connectivity index (χ0n) is 17.1. The van der Waals surface area contributed by atoms with Crippen LogP contribution in [0.3, 0.4) is 0 Å². The molecule has 8 heteroatoms. The fraction of sp³-hybridized carbons (Fsp3) is 0.500. The van der Waals surface area contributed by atoms with E-state index < -0.39 is 0 Å². The molecule has 2 heterocycles. The van der Waals surface area contributed by atoms with E-state index in [0.29, 0.717) is 37.7 Å². The minimum atomic E-state index is -0.0981. The van der Waals surface area contributed by atoms with Crippen LogP contribution in [0.2, 0.25) is 5.02 Å². The predicted molar refractivity (Wildman–Crippen MR) is 116 cm³/mol. The van der Waals surface area contributed by atoms with E-state index in [2.05, 4.69) is 10.4 Å².